The molecule has 1 aliphatic carbocycles. The largest absolute Gasteiger partial charge is 0.356 e. The molecule has 1 aromatic carbocycles. The van der Waals surface area contributed by atoms with E-state index >= 15 is 0 Å². The summed E-state index contributed by atoms with van der Waals surface area (Å²) in [5, 5.41) is 2.98. The number of benzene rings is 1. The maximum Gasteiger partial charge on any atom is 0.225 e. The van der Waals surface area contributed by atoms with Gasteiger partial charge in [-0.1, -0.05) is 18.2 Å². The van der Waals surface area contributed by atoms with Gasteiger partial charge in [0, 0.05) is 30.4 Å². The van der Waals surface area contributed by atoms with Crippen molar-refractivity contribution in [3.05, 3.63) is 30.3 Å². The van der Waals surface area contributed by atoms with Crippen LogP contribution >= 0.6 is 11.8 Å². The van der Waals surface area contributed by atoms with Crippen LogP contribution in [0.1, 0.15) is 25.7 Å². The second kappa shape index (κ2) is 7.18. The van der Waals surface area contributed by atoms with Crippen LogP contribution in [0.25, 0.3) is 0 Å². The van der Waals surface area contributed by atoms with Crippen LogP contribution in [0.4, 0.5) is 0 Å². The molecule has 0 bridgehead atoms. The summed E-state index contributed by atoms with van der Waals surface area (Å²) in [5.74, 6) is 1.04. The van der Waals surface area contributed by atoms with E-state index in [1.54, 1.807) is 11.8 Å². The highest BCUT2D eigenvalue weighted by Gasteiger charge is 2.41. The topological polar surface area (TPSA) is 49.4 Å². The molecule has 0 aromatic heterocycles. The molecule has 2 aliphatic rings. The van der Waals surface area contributed by atoms with Crippen molar-refractivity contribution < 1.29 is 9.59 Å². The van der Waals surface area contributed by atoms with Crippen molar-refractivity contribution in [3.63, 3.8) is 0 Å². The molecule has 1 aliphatic heterocycles. The summed E-state index contributed by atoms with van der Waals surface area (Å²) < 4.78 is 0. The molecule has 5 heteroatoms. The molecule has 3 rings (SSSR count). The van der Waals surface area contributed by atoms with Crippen LogP contribution in [-0.2, 0) is 9.59 Å². The number of carbonyl (C=O) groups is 2. The van der Waals surface area contributed by atoms with Crippen LogP contribution in [0.15, 0.2) is 35.2 Å². The predicted molar refractivity (Wildman–Crippen MR) is 87.6 cm³/mol. The zero-order chi connectivity index (χ0) is 15.4. The zero-order valence-electron chi connectivity index (χ0n) is 12.7. The van der Waals surface area contributed by atoms with Crippen molar-refractivity contribution in [2.45, 2.75) is 36.6 Å². The summed E-state index contributed by atoms with van der Waals surface area (Å²) in [6, 6.07) is 10.7. The van der Waals surface area contributed by atoms with Crippen LogP contribution in [0, 0.1) is 5.92 Å². The Balaban J connectivity index is 1.32. The molecule has 0 radical (unpaired) electrons. The maximum atomic E-state index is 12.1. The summed E-state index contributed by atoms with van der Waals surface area (Å²) in [5.41, 5.74) is 0. The van der Waals surface area contributed by atoms with Crippen molar-refractivity contribution in [2.24, 2.45) is 5.92 Å². The van der Waals surface area contributed by atoms with Gasteiger partial charge in [0.25, 0.3) is 0 Å². The lowest BCUT2D eigenvalue weighted by molar-refractivity contribution is -0.129. The number of carbonyl (C=O) groups excluding carboxylic acids is 2. The van der Waals surface area contributed by atoms with E-state index in [4.69, 9.17) is 0 Å². The molecule has 118 valence electrons. The Morgan fingerprint density at radius 3 is 2.77 bits per heavy atom. The van der Waals surface area contributed by atoms with Gasteiger partial charge in [0.15, 0.2) is 0 Å². The molecule has 2 fully saturated rings. The normalized spacial score (nSPS) is 21.2. The van der Waals surface area contributed by atoms with E-state index in [0.717, 1.165) is 25.0 Å². The summed E-state index contributed by atoms with van der Waals surface area (Å²) in [7, 11) is 0. The standard InChI is InChI=1S/C17H22N2O2S/c20-16-11-13(12-19(16)14-7-8-14)17(21)18-9-4-10-22-15-5-2-1-3-6-15/h1-3,5-6,13-14H,4,7-12H2,(H,18,21)/t13-/m0/s1. The van der Waals surface area contributed by atoms with Crippen LogP contribution in [0.3, 0.4) is 0 Å². The second-order valence-corrected chi connectivity index (χ2v) is 7.15. The number of nitrogens with zero attached hydrogens (tertiary/aromatic N) is 1. The molecule has 1 atom stereocenters. The molecule has 0 unspecified atom stereocenters. The summed E-state index contributed by atoms with van der Waals surface area (Å²) >= 11 is 1.80. The van der Waals surface area contributed by atoms with Crippen LogP contribution in [-0.4, -0.2) is 41.6 Å². The van der Waals surface area contributed by atoms with Crippen molar-refractivity contribution in [1.82, 2.24) is 10.2 Å². The first kappa shape index (κ1) is 15.4. The fourth-order valence-corrected chi connectivity index (χ4v) is 3.66. The summed E-state index contributed by atoms with van der Waals surface area (Å²) in [4.78, 5) is 27.1. The van der Waals surface area contributed by atoms with E-state index in [1.165, 1.54) is 4.90 Å². The van der Waals surface area contributed by atoms with E-state index in [-0.39, 0.29) is 17.7 Å². The van der Waals surface area contributed by atoms with Gasteiger partial charge in [0.1, 0.15) is 0 Å². The Morgan fingerprint density at radius 1 is 1.27 bits per heavy atom. The number of rotatable bonds is 7. The van der Waals surface area contributed by atoms with E-state index < -0.39 is 0 Å². The Bertz CT molecular complexity index is 531. The van der Waals surface area contributed by atoms with Gasteiger partial charge in [0.05, 0.1) is 5.92 Å². The summed E-state index contributed by atoms with van der Waals surface area (Å²) in [6.45, 7) is 1.31. The first-order chi connectivity index (χ1) is 10.7. The van der Waals surface area contributed by atoms with Crippen molar-refractivity contribution in [2.75, 3.05) is 18.8 Å². The third-order valence-electron chi connectivity index (χ3n) is 4.15. The molecular formula is C17H22N2O2S. The minimum Gasteiger partial charge on any atom is -0.356 e. The highest BCUT2D eigenvalue weighted by molar-refractivity contribution is 7.99. The van der Waals surface area contributed by atoms with Crippen molar-refractivity contribution >= 4 is 23.6 Å². The Hall–Kier alpha value is -1.49. The van der Waals surface area contributed by atoms with E-state index in [1.807, 2.05) is 23.1 Å². The quantitative estimate of drug-likeness (QED) is 0.620. The lowest BCUT2D eigenvalue weighted by Crippen LogP contribution is -2.34. The molecule has 1 saturated heterocycles. The van der Waals surface area contributed by atoms with Gasteiger partial charge in [-0.15, -0.1) is 11.8 Å². The molecule has 22 heavy (non-hydrogen) atoms. The number of nitrogens with one attached hydrogen (secondary N) is 1. The number of thioether (sulfide) groups is 1. The number of amides is 2. The van der Waals surface area contributed by atoms with Crippen LogP contribution in [0.2, 0.25) is 0 Å². The lowest BCUT2D eigenvalue weighted by Gasteiger charge is -2.15. The van der Waals surface area contributed by atoms with Crippen molar-refractivity contribution in [3.8, 4) is 0 Å². The fourth-order valence-electron chi connectivity index (χ4n) is 2.78. The van der Waals surface area contributed by atoms with Gasteiger partial charge >= 0.3 is 0 Å². The Labute approximate surface area is 135 Å². The molecule has 1 saturated carbocycles. The minimum atomic E-state index is -0.144. The Morgan fingerprint density at radius 2 is 2.05 bits per heavy atom. The third-order valence-corrected chi connectivity index (χ3v) is 5.25. The van der Waals surface area contributed by atoms with Gasteiger partial charge < -0.3 is 10.2 Å². The fraction of sp³-hybridized carbons (Fsp3) is 0.529. The molecule has 1 aromatic rings. The molecule has 4 nitrogen and oxygen atoms in total. The van der Waals surface area contributed by atoms with Crippen molar-refractivity contribution in [1.29, 1.82) is 0 Å². The Kier molecular flexibility index (Phi) is 5.03. The molecular weight excluding hydrogens is 296 g/mol. The molecule has 1 N–H and O–H groups in total. The first-order valence-electron chi connectivity index (χ1n) is 7.99. The predicted octanol–water partition coefficient (Wildman–Crippen LogP) is 2.30. The molecule has 0 spiro atoms. The van der Waals surface area contributed by atoms with Gasteiger partial charge in [-0.3, -0.25) is 9.59 Å². The number of likely N-dealkylation sites (tertiary alicyclic amines) is 1. The monoisotopic (exact) mass is 318 g/mol. The second-order valence-electron chi connectivity index (χ2n) is 5.98. The smallest absolute Gasteiger partial charge is 0.225 e. The molecule has 1 heterocycles. The minimum absolute atomic E-state index is 0.0428. The number of hydrogen-bond donors (Lipinski definition) is 1. The maximum absolute atomic E-state index is 12.1. The average Bonchev–Trinajstić information content (AvgIpc) is 3.30. The third kappa shape index (κ3) is 4.03. The van der Waals surface area contributed by atoms with Gasteiger partial charge in [-0.25, -0.2) is 0 Å². The average molecular weight is 318 g/mol. The zero-order valence-corrected chi connectivity index (χ0v) is 13.5. The highest BCUT2D eigenvalue weighted by atomic mass is 32.2. The van der Waals surface area contributed by atoms with Crippen LogP contribution < -0.4 is 5.32 Å². The lowest BCUT2D eigenvalue weighted by atomic mass is 10.1. The first-order valence-corrected chi connectivity index (χ1v) is 8.97. The van der Waals surface area contributed by atoms with E-state index in [9.17, 15) is 9.59 Å². The van der Waals surface area contributed by atoms with Gasteiger partial charge in [-0.2, -0.15) is 0 Å². The van der Waals surface area contributed by atoms with E-state index in [0.29, 0.717) is 25.6 Å². The summed E-state index contributed by atoms with van der Waals surface area (Å²) in [6.07, 6.45) is 3.55. The SMILES string of the molecule is O=C(NCCCSc1ccccc1)[C@H]1CC(=O)N(C2CC2)C1. The van der Waals surface area contributed by atoms with Gasteiger partial charge in [-0.05, 0) is 37.1 Å². The number of hydrogen-bond acceptors (Lipinski definition) is 3. The van der Waals surface area contributed by atoms with E-state index in [2.05, 4.69) is 17.4 Å². The van der Waals surface area contributed by atoms with Gasteiger partial charge in [0.2, 0.25) is 11.8 Å². The highest BCUT2D eigenvalue weighted by Crippen LogP contribution is 2.32. The van der Waals surface area contributed by atoms with Crippen LogP contribution in [0.5, 0.6) is 0 Å². The molecule has 2 amide bonds.